The van der Waals surface area contributed by atoms with Crippen molar-refractivity contribution in [2.45, 2.75) is 25.6 Å². The summed E-state index contributed by atoms with van der Waals surface area (Å²) in [5.41, 5.74) is 1.17. The van der Waals surface area contributed by atoms with Gasteiger partial charge in [-0.05, 0) is 36.2 Å². The van der Waals surface area contributed by atoms with E-state index in [9.17, 15) is 0 Å². The van der Waals surface area contributed by atoms with Crippen molar-refractivity contribution in [3.05, 3.63) is 48.0 Å². The number of morpholine rings is 1. The van der Waals surface area contributed by atoms with Gasteiger partial charge in [-0.1, -0.05) is 36.4 Å². The van der Waals surface area contributed by atoms with E-state index in [1.807, 2.05) is 0 Å². The first-order chi connectivity index (χ1) is 8.64. The van der Waals surface area contributed by atoms with Gasteiger partial charge >= 0.3 is 0 Å². The van der Waals surface area contributed by atoms with Gasteiger partial charge < -0.3 is 10.1 Å². The summed E-state index contributed by atoms with van der Waals surface area (Å²) in [6.07, 6.45) is 0.151. The minimum absolute atomic E-state index is 0.0887. The normalized spacial score (nSPS) is 23.1. The molecule has 1 N–H and O–H groups in total. The van der Waals surface area contributed by atoms with Crippen LogP contribution in [0.4, 0.5) is 0 Å². The summed E-state index contributed by atoms with van der Waals surface area (Å²) in [5.74, 6) is 0. The van der Waals surface area contributed by atoms with Crippen molar-refractivity contribution in [3.8, 4) is 0 Å². The zero-order valence-electron chi connectivity index (χ0n) is 10.9. The van der Waals surface area contributed by atoms with Gasteiger partial charge in [0.05, 0.1) is 11.7 Å². The molecule has 1 unspecified atom stereocenters. The Bertz CT molecular complexity index is 562. The van der Waals surface area contributed by atoms with E-state index in [0.717, 1.165) is 13.1 Å². The SMILES string of the molecule is CC1(C)CNCC(c2ccc3ccccc3c2)O1. The van der Waals surface area contributed by atoms with Crippen molar-refractivity contribution in [2.75, 3.05) is 13.1 Å². The molecule has 1 fully saturated rings. The highest BCUT2D eigenvalue weighted by Crippen LogP contribution is 2.28. The molecule has 1 atom stereocenters. The van der Waals surface area contributed by atoms with Crippen molar-refractivity contribution in [1.29, 1.82) is 0 Å². The topological polar surface area (TPSA) is 21.3 Å². The van der Waals surface area contributed by atoms with E-state index in [-0.39, 0.29) is 11.7 Å². The molecule has 0 aliphatic carbocycles. The van der Waals surface area contributed by atoms with Crippen molar-refractivity contribution in [3.63, 3.8) is 0 Å². The molecule has 0 amide bonds. The fourth-order valence-corrected chi connectivity index (χ4v) is 2.57. The lowest BCUT2D eigenvalue weighted by molar-refractivity contribution is -0.0958. The molecule has 0 spiro atoms. The van der Waals surface area contributed by atoms with E-state index in [1.54, 1.807) is 0 Å². The lowest BCUT2D eigenvalue weighted by atomic mass is 10.00. The van der Waals surface area contributed by atoms with Gasteiger partial charge in [0.1, 0.15) is 0 Å². The smallest absolute Gasteiger partial charge is 0.0957 e. The second-order valence-electron chi connectivity index (χ2n) is 5.60. The Labute approximate surface area is 108 Å². The summed E-state index contributed by atoms with van der Waals surface area (Å²) in [5, 5.41) is 6.01. The van der Waals surface area contributed by atoms with Crippen molar-refractivity contribution >= 4 is 10.8 Å². The Morgan fingerprint density at radius 2 is 1.89 bits per heavy atom. The van der Waals surface area contributed by atoms with Crippen LogP contribution in [0.2, 0.25) is 0 Å². The van der Waals surface area contributed by atoms with Crippen LogP contribution in [-0.4, -0.2) is 18.7 Å². The Hall–Kier alpha value is -1.38. The second-order valence-corrected chi connectivity index (χ2v) is 5.60. The van der Waals surface area contributed by atoms with Gasteiger partial charge in [0.25, 0.3) is 0 Å². The van der Waals surface area contributed by atoms with E-state index in [1.165, 1.54) is 16.3 Å². The zero-order valence-corrected chi connectivity index (χ0v) is 10.9. The van der Waals surface area contributed by atoms with Crippen molar-refractivity contribution in [1.82, 2.24) is 5.32 Å². The number of ether oxygens (including phenoxy) is 1. The third-order valence-corrected chi connectivity index (χ3v) is 3.49. The lowest BCUT2D eigenvalue weighted by Crippen LogP contribution is -2.46. The maximum absolute atomic E-state index is 6.15. The minimum Gasteiger partial charge on any atom is -0.365 e. The molecule has 2 aromatic rings. The van der Waals surface area contributed by atoms with Gasteiger partial charge in [-0.15, -0.1) is 0 Å². The summed E-state index contributed by atoms with van der Waals surface area (Å²) >= 11 is 0. The first kappa shape index (κ1) is 11.7. The van der Waals surface area contributed by atoms with Crippen LogP contribution in [0.25, 0.3) is 10.8 Å². The third-order valence-electron chi connectivity index (χ3n) is 3.49. The molecular weight excluding hydrogens is 222 g/mol. The summed E-state index contributed by atoms with van der Waals surface area (Å²) in [6.45, 7) is 6.07. The van der Waals surface area contributed by atoms with Gasteiger partial charge in [0.2, 0.25) is 0 Å². The summed E-state index contributed by atoms with van der Waals surface area (Å²) in [6, 6.07) is 15.0. The van der Waals surface area contributed by atoms with Crippen LogP contribution in [0.1, 0.15) is 25.5 Å². The summed E-state index contributed by atoms with van der Waals surface area (Å²) < 4.78 is 6.15. The molecule has 18 heavy (non-hydrogen) atoms. The molecule has 1 heterocycles. The van der Waals surface area contributed by atoms with Gasteiger partial charge in [-0.2, -0.15) is 0 Å². The average Bonchev–Trinajstić information content (AvgIpc) is 2.37. The second kappa shape index (κ2) is 4.38. The fourth-order valence-electron chi connectivity index (χ4n) is 2.57. The highest BCUT2D eigenvalue weighted by Gasteiger charge is 2.29. The Kier molecular flexibility index (Phi) is 2.84. The van der Waals surface area contributed by atoms with Crippen LogP contribution >= 0.6 is 0 Å². The van der Waals surface area contributed by atoms with Crippen molar-refractivity contribution < 1.29 is 4.74 Å². The van der Waals surface area contributed by atoms with Crippen LogP contribution in [0, 0.1) is 0 Å². The largest absolute Gasteiger partial charge is 0.365 e. The van der Waals surface area contributed by atoms with Crippen LogP contribution < -0.4 is 5.32 Å². The molecule has 2 aromatic carbocycles. The van der Waals surface area contributed by atoms with E-state index in [4.69, 9.17) is 4.74 Å². The van der Waals surface area contributed by atoms with Gasteiger partial charge in [-0.25, -0.2) is 0 Å². The molecule has 94 valence electrons. The number of hydrogen-bond acceptors (Lipinski definition) is 2. The first-order valence-electron chi connectivity index (χ1n) is 6.51. The Morgan fingerprint density at radius 1 is 1.11 bits per heavy atom. The third kappa shape index (κ3) is 2.26. The van der Waals surface area contributed by atoms with Gasteiger partial charge in [-0.3, -0.25) is 0 Å². The molecule has 1 aliphatic heterocycles. The highest BCUT2D eigenvalue weighted by molar-refractivity contribution is 5.83. The molecular formula is C16H19NO. The first-order valence-corrected chi connectivity index (χ1v) is 6.51. The number of fused-ring (bicyclic) bond motifs is 1. The number of rotatable bonds is 1. The van der Waals surface area contributed by atoms with E-state index in [0.29, 0.717) is 0 Å². The monoisotopic (exact) mass is 241 g/mol. The molecule has 0 aromatic heterocycles. The van der Waals surface area contributed by atoms with E-state index >= 15 is 0 Å². The minimum atomic E-state index is -0.0887. The van der Waals surface area contributed by atoms with Crippen LogP contribution in [-0.2, 0) is 4.74 Å². The number of nitrogens with one attached hydrogen (secondary N) is 1. The maximum Gasteiger partial charge on any atom is 0.0957 e. The van der Waals surface area contributed by atoms with E-state index in [2.05, 4.69) is 61.6 Å². The number of benzene rings is 2. The van der Waals surface area contributed by atoms with Gasteiger partial charge in [0.15, 0.2) is 0 Å². The predicted molar refractivity (Wildman–Crippen MR) is 74.7 cm³/mol. The zero-order chi connectivity index (χ0) is 12.6. The molecule has 1 aliphatic rings. The summed E-state index contributed by atoms with van der Waals surface area (Å²) in [7, 11) is 0. The quantitative estimate of drug-likeness (QED) is 0.827. The average molecular weight is 241 g/mol. The van der Waals surface area contributed by atoms with Crippen LogP contribution in [0.15, 0.2) is 42.5 Å². The molecule has 0 radical (unpaired) electrons. The molecule has 0 bridgehead atoms. The highest BCUT2D eigenvalue weighted by atomic mass is 16.5. The Balaban J connectivity index is 1.94. The molecule has 2 heteroatoms. The molecule has 1 saturated heterocycles. The standard InChI is InChI=1S/C16H19NO/c1-16(2)11-17-10-15(18-16)14-8-7-12-5-3-4-6-13(12)9-14/h3-9,15,17H,10-11H2,1-2H3. The molecule has 3 rings (SSSR count). The number of hydrogen-bond donors (Lipinski definition) is 1. The van der Waals surface area contributed by atoms with Crippen molar-refractivity contribution in [2.24, 2.45) is 0 Å². The maximum atomic E-state index is 6.15. The van der Waals surface area contributed by atoms with Crippen LogP contribution in [0.3, 0.4) is 0 Å². The predicted octanol–water partition coefficient (Wildman–Crippen LogP) is 3.28. The lowest BCUT2D eigenvalue weighted by Gasteiger charge is -2.37. The van der Waals surface area contributed by atoms with Gasteiger partial charge in [0, 0.05) is 13.1 Å². The van der Waals surface area contributed by atoms with E-state index < -0.39 is 0 Å². The fraction of sp³-hybridized carbons (Fsp3) is 0.375. The molecule has 2 nitrogen and oxygen atoms in total. The Morgan fingerprint density at radius 3 is 2.67 bits per heavy atom. The van der Waals surface area contributed by atoms with Crippen LogP contribution in [0.5, 0.6) is 0 Å². The molecule has 0 saturated carbocycles. The summed E-state index contributed by atoms with van der Waals surface area (Å²) in [4.78, 5) is 0.